The first-order chi connectivity index (χ1) is 7.58. The van der Waals surface area contributed by atoms with E-state index in [0.717, 1.165) is 0 Å². The van der Waals surface area contributed by atoms with Gasteiger partial charge in [-0.3, -0.25) is 4.79 Å². The molecule has 0 radical (unpaired) electrons. The smallest absolute Gasteiger partial charge is 0.471 e. The summed E-state index contributed by atoms with van der Waals surface area (Å²) in [5, 5.41) is 9.93. The Morgan fingerprint density at radius 1 is 1.29 bits per heavy atom. The van der Waals surface area contributed by atoms with Gasteiger partial charge < -0.3 is 10.4 Å². The van der Waals surface area contributed by atoms with Crippen molar-refractivity contribution in [1.29, 1.82) is 0 Å². The zero-order valence-corrected chi connectivity index (χ0v) is 8.22. The number of amides is 1. The van der Waals surface area contributed by atoms with Crippen LogP contribution in [0.2, 0.25) is 0 Å². The van der Waals surface area contributed by atoms with Gasteiger partial charge in [0.05, 0.1) is 0 Å². The van der Waals surface area contributed by atoms with Crippen LogP contribution in [0, 0.1) is 5.92 Å². The van der Waals surface area contributed by atoms with Gasteiger partial charge in [-0.05, 0) is 12.8 Å². The number of aliphatic carboxylic acids is 1. The monoisotopic (exact) mass is 261 g/mol. The third-order valence-electron chi connectivity index (χ3n) is 2.60. The molecule has 0 aromatic carbocycles. The van der Waals surface area contributed by atoms with E-state index in [4.69, 9.17) is 5.11 Å². The molecule has 0 unspecified atom stereocenters. The van der Waals surface area contributed by atoms with Gasteiger partial charge in [0.25, 0.3) is 0 Å². The second kappa shape index (κ2) is 4.11. The van der Waals surface area contributed by atoms with Crippen molar-refractivity contribution in [2.45, 2.75) is 31.0 Å². The van der Waals surface area contributed by atoms with E-state index in [1.54, 1.807) is 0 Å². The maximum Gasteiger partial charge on any atom is 0.471 e. The number of rotatable bonds is 3. The molecule has 0 saturated heterocycles. The third-order valence-corrected chi connectivity index (χ3v) is 2.60. The Hall–Kier alpha value is -1.41. The maximum atomic E-state index is 12.1. The van der Waals surface area contributed by atoms with Crippen LogP contribution in [0.25, 0.3) is 0 Å². The van der Waals surface area contributed by atoms with Crippen LogP contribution in [0.4, 0.5) is 22.0 Å². The van der Waals surface area contributed by atoms with Gasteiger partial charge in [0.2, 0.25) is 6.43 Å². The first-order valence-electron chi connectivity index (χ1n) is 4.49. The predicted molar refractivity (Wildman–Crippen MR) is 43.3 cm³/mol. The quantitative estimate of drug-likeness (QED) is 0.749. The zero-order valence-electron chi connectivity index (χ0n) is 8.22. The molecule has 1 aliphatic carbocycles. The van der Waals surface area contributed by atoms with Crippen LogP contribution in [0.15, 0.2) is 0 Å². The van der Waals surface area contributed by atoms with Gasteiger partial charge in [0, 0.05) is 5.92 Å². The molecule has 17 heavy (non-hydrogen) atoms. The highest BCUT2D eigenvalue weighted by molar-refractivity contribution is 5.90. The molecule has 1 saturated carbocycles. The van der Waals surface area contributed by atoms with E-state index in [9.17, 15) is 31.5 Å². The lowest BCUT2D eigenvalue weighted by Crippen LogP contribution is -2.65. The zero-order chi connectivity index (χ0) is 13.4. The number of nitrogens with one attached hydrogen (secondary N) is 1. The number of hydrogen-bond donors (Lipinski definition) is 2. The Bertz CT molecular complexity index is 335. The van der Waals surface area contributed by atoms with Crippen LogP contribution in [-0.2, 0) is 9.59 Å². The Morgan fingerprint density at radius 3 is 2.06 bits per heavy atom. The van der Waals surface area contributed by atoms with Crippen LogP contribution in [-0.4, -0.2) is 35.1 Å². The largest absolute Gasteiger partial charge is 0.480 e. The molecule has 1 amide bonds. The van der Waals surface area contributed by atoms with Crippen molar-refractivity contribution < 1.29 is 36.6 Å². The molecule has 0 bridgehead atoms. The fourth-order valence-electron chi connectivity index (χ4n) is 1.63. The lowest BCUT2D eigenvalue weighted by atomic mass is 9.68. The molecule has 4 nitrogen and oxygen atoms in total. The molecule has 2 N–H and O–H groups in total. The summed E-state index contributed by atoms with van der Waals surface area (Å²) in [5.41, 5.74) is -2.23. The van der Waals surface area contributed by atoms with E-state index in [0.29, 0.717) is 0 Å². The minimum absolute atomic E-state index is 0.707. The van der Waals surface area contributed by atoms with E-state index in [1.165, 1.54) is 5.32 Å². The Morgan fingerprint density at radius 2 is 1.76 bits per heavy atom. The molecule has 0 heterocycles. The van der Waals surface area contributed by atoms with Gasteiger partial charge >= 0.3 is 18.1 Å². The molecule has 0 aromatic heterocycles. The van der Waals surface area contributed by atoms with Crippen LogP contribution in [0.3, 0.4) is 0 Å². The van der Waals surface area contributed by atoms with Crippen molar-refractivity contribution in [2.75, 3.05) is 0 Å². The molecule has 0 atom stereocenters. The predicted octanol–water partition coefficient (Wildman–Crippen LogP) is 1.16. The first kappa shape index (κ1) is 13.7. The summed E-state index contributed by atoms with van der Waals surface area (Å²) in [6.07, 6.45) is -9.47. The molecule has 0 aliphatic heterocycles. The summed E-state index contributed by atoms with van der Waals surface area (Å²) < 4.78 is 60.0. The fourth-order valence-corrected chi connectivity index (χ4v) is 1.63. The van der Waals surface area contributed by atoms with E-state index >= 15 is 0 Å². The van der Waals surface area contributed by atoms with Gasteiger partial charge in [-0.1, -0.05) is 0 Å². The molecule has 1 rings (SSSR count). The van der Waals surface area contributed by atoms with E-state index in [1.807, 2.05) is 0 Å². The van der Waals surface area contributed by atoms with Crippen molar-refractivity contribution in [3.05, 3.63) is 0 Å². The minimum Gasteiger partial charge on any atom is -0.480 e. The molecule has 0 spiro atoms. The van der Waals surface area contributed by atoms with Crippen molar-refractivity contribution >= 4 is 11.9 Å². The van der Waals surface area contributed by atoms with Gasteiger partial charge in [-0.2, -0.15) is 13.2 Å². The molecule has 1 fully saturated rings. The molecule has 0 aromatic rings. The van der Waals surface area contributed by atoms with Crippen molar-refractivity contribution in [2.24, 2.45) is 5.92 Å². The maximum absolute atomic E-state index is 12.1. The standard InChI is InChI=1S/C8H8F5NO3/c9-4(10)3-1-7(2-3,6(16)17)14-5(15)8(11,12)13/h3-4H,1-2H2,(H,14,15)(H,16,17). The Labute approximate surface area is 91.8 Å². The van der Waals surface area contributed by atoms with Crippen molar-refractivity contribution in [3.63, 3.8) is 0 Å². The van der Waals surface area contributed by atoms with Crippen molar-refractivity contribution in [1.82, 2.24) is 5.32 Å². The van der Waals surface area contributed by atoms with E-state index in [2.05, 4.69) is 0 Å². The summed E-state index contributed by atoms with van der Waals surface area (Å²) in [7, 11) is 0. The Balaban J connectivity index is 2.72. The molecule has 1 aliphatic rings. The molecule has 98 valence electrons. The normalized spacial score (nSPS) is 28.7. The van der Waals surface area contributed by atoms with Gasteiger partial charge in [-0.15, -0.1) is 0 Å². The number of halogens is 5. The lowest BCUT2D eigenvalue weighted by Gasteiger charge is -2.44. The second-order valence-corrected chi connectivity index (χ2v) is 3.84. The average Bonchev–Trinajstić information content (AvgIpc) is 2.06. The number of carboxylic acid groups (broad SMARTS) is 1. The van der Waals surface area contributed by atoms with Gasteiger partial charge in [0.15, 0.2) is 0 Å². The number of carbonyl (C=O) groups excluding carboxylic acids is 1. The van der Waals surface area contributed by atoms with E-state index < -0.39 is 48.8 Å². The van der Waals surface area contributed by atoms with Crippen LogP contribution < -0.4 is 5.32 Å². The number of hydrogen-bond acceptors (Lipinski definition) is 2. The highest BCUT2D eigenvalue weighted by Gasteiger charge is 2.57. The highest BCUT2D eigenvalue weighted by atomic mass is 19.4. The minimum atomic E-state index is -5.24. The Kier molecular flexibility index (Phi) is 3.30. The summed E-state index contributed by atoms with van der Waals surface area (Å²) in [4.78, 5) is 21.3. The number of alkyl halides is 5. The van der Waals surface area contributed by atoms with Crippen molar-refractivity contribution in [3.8, 4) is 0 Å². The summed E-state index contributed by atoms with van der Waals surface area (Å²) in [6, 6.07) is 0. The SMILES string of the molecule is O=C(NC1(C(=O)O)CC(C(F)F)C1)C(F)(F)F. The van der Waals surface area contributed by atoms with E-state index in [-0.39, 0.29) is 0 Å². The van der Waals surface area contributed by atoms with Crippen LogP contribution in [0.5, 0.6) is 0 Å². The first-order valence-corrected chi connectivity index (χ1v) is 4.49. The number of carbonyl (C=O) groups is 2. The van der Waals surface area contributed by atoms with Crippen LogP contribution >= 0.6 is 0 Å². The van der Waals surface area contributed by atoms with Crippen LogP contribution in [0.1, 0.15) is 12.8 Å². The average molecular weight is 261 g/mol. The molecular weight excluding hydrogens is 253 g/mol. The second-order valence-electron chi connectivity index (χ2n) is 3.84. The highest BCUT2D eigenvalue weighted by Crippen LogP contribution is 2.42. The fraction of sp³-hybridized carbons (Fsp3) is 0.750. The van der Waals surface area contributed by atoms with Gasteiger partial charge in [-0.25, -0.2) is 13.6 Å². The molecular formula is C8H8F5NO3. The molecule has 9 heteroatoms. The third kappa shape index (κ3) is 2.64. The summed E-state index contributed by atoms with van der Waals surface area (Å²) in [5.74, 6) is -5.49. The topological polar surface area (TPSA) is 66.4 Å². The summed E-state index contributed by atoms with van der Waals surface area (Å²) in [6.45, 7) is 0. The number of carboxylic acids is 1. The summed E-state index contributed by atoms with van der Waals surface area (Å²) >= 11 is 0. The lowest BCUT2D eigenvalue weighted by molar-refractivity contribution is -0.182. The van der Waals surface area contributed by atoms with Gasteiger partial charge in [0.1, 0.15) is 5.54 Å².